The van der Waals surface area contributed by atoms with E-state index in [9.17, 15) is 19.2 Å². The molecule has 8 heteroatoms. The summed E-state index contributed by atoms with van der Waals surface area (Å²) in [5, 5.41) is 13.6. The Morgan fingerprint density at radius 3 is 1.96 bits per heavy atom. The van der Waals surface area contributed by atoms with Crippen LogP contribution in [0.25, 0.3) is 0 Å². The summed E-state index contributed by atoms with van der Waals surface area (Å²) < 4.78 is 0. The predicted octanol–water partition coefficient (Wildman–Crippen LogP) is 1.32. The van der Waals surface area contributed by atoms with Crippen molar-refractivity contribution in [1.82, 2.24) is 10.6 Å². The van der Waals surface area contributed by atoms with Crippen molar-refractivity contribution in [3.8, 4) is 0 Å². The van der Waals surface area contributed by atoms with E-state index < -0.39 is 30.1 Å². The number of aldehydes is 2. The molecule has 0 radical (unpaired) electrons. The van der Waals surface area contributed by atoms with Crippen LogP contribution in [0.3, 0.4) is 0 Å². The molecule has 0 aromatic carbocycles. The molecule has 0 saturated heterocycles. The first-order valence-corrected chi connectivity index (χ1v) is 9.06. The summed E-state index contributed by atoms with van der Waals surface area (Å²) in [5.41, 5.74) is 6.05. The lowest BCUT2D eigenvalue weighted by Gasteiger charge is -2.23. The Morgan fingerprint density at radius 2 is 1.54 bits per heavy atom. The molecule has 4 atom stereocenters. The number of carboxylic acid groups (broad SMARTS) is 1. The van der Waals surface area contributed by atoms with Gasteiger partial charge in [-0.05, 0) is 37.5 Å². The van der Waals surface area contributed by atoms with Crippen LogP contribution in [0.5, 0.6) is 0 Å². The second-order valence-corrected chi connectivity index (χ2v) is 7.55. The van der Waals surface area contributed by atoms with E-state index in [1.54, 1.807) is 0 Å². The Kier molecular flexibility index (Phi) is 11.5. The third-order valence-electron chi connectivity index (χ3n) is 4.09. The van der Waals surface area contributed by atoms with Gasteiger partial charge in [0, 0.05) is 12.0 Å². The van der Waals surface area contributed by atoms with E-state index in [0.29, 0.717) is 37.9 Å². The monoisotopic (exact) mass is 371 g/mol. The van der Waals surface area contributed by atoms with Crippen LogP contribution < -0.4 is 16.4 Å². The fraction of sp³-hybridized carbons (Fsp3) is 0.778. The number of hydrogen-bond acceptors (Lipinski definition) is 5. The highest BCUT2D eigenvalue weighted by Gasteiger charge is 2.25. The highest BCUT2D eigenvalue weighted by atomic mass is 16.4. The van der Waals surface area contributed by atoms with Crippen LogP contribution in [0.15, 0.2) is 0 Å². The van der Waals surface area contributed by atoms with E-state index in [-0.39, 0.29) is 11.8 Å². The quantitative estimate of drug-likeness (QED) is 0.360. The SMILES string of the molecule is CC(C)CC(C=O)[C@@H](N)CCC(C=O)NC(=O)[C@H](CC(C)C)NC(=O)O. The van der Waals surface area contributed by atoms with E-state index in [0.717, 1.165) is 6.29 Å². The zero-order chi connectivity index (χ0) is 20.3. The molecular formula is C18H33N3O5. The molecule has 0 fully saturated rings. The molecule has 0 aromatic rings. The van der Waals surface area contributed by atoms with Crippen molar-refractivity contribution < 1.29 is 24.3 Å². The van der Waals surface area contributed by atoms with Crippen LogP contribution in [-0.2, 0) is 14.4 Å². The summed E-state index contributed by atoms with van der Waals surface area (Å²) in [6.07, 6.45) is 1.84. The van der Waals surface area contributed by atoms with E-state index in [4.69, 9.17) is 10.8 Å². The molecule has 8 nitrogen and oxygen atoms in total. The summed E-state index contributed by atoms with van der Waals surface area (Å²) in [4.78, 5) is 45.6. The number of amides is 2. The highest BCUT2D eigenvalue weighted by Crippen LogP contribution is 2.16. The number of hydrogen-bond donors (Lipinski definition) is 4. The molecule has 5 N–H and O–H groups in total. The molecular weight excluding hydrogens is 338 g/mol. The summed E-state index contributed by atoms with van der Waals surface area (Å²) in [5.74, 6) is -0.400. The fourth-order valence-electron chi connectivity index (χ4n) is 2.77. The van der Waals surface area contributed by atoms with Crippen molar-refractivity contribution in [2.24, 2.45) is 23.5 Å². The van der Waals surface area contributed by atoms with Crippen molar-refractivity contribution in [1.29, 1.82) is 0 Å². The average Bonchev–Trinajstić information content (AvgIpc) is 2.54. The van der Waals surface area contributed by atoms with Gasteiger partial charge >= 0.3 is 6.09 Å². The zero-order valence-electron chi connectivity index (χ0n) is 16.1. The normalized spacial score (nSPS) is 15.8. The van der Waals surface area contributed by atoms with Gasteiger partial charge in [0.25, 0.3) is 0 Å². The summed E-state index contributed by atoms with van der Waals surface area (Å²) in [7, 11) is 0. The molecule has 26 heavy (non-hydrogen) atoms. The molecule has 0 bridgehead atoms. The summed E-state index contributed by atoms with van der Waals surface area (Å²) >= 11 is 0. The van der Waals surface area contributed by atoms with Gasteiger partial charge in [0.2, 0.25) is 5.91 Å². The van der Waals surface area contributed by atoms with Gasteiger partial charge in [0.15, 0.2) is 0 Å². The molecule has 0 aliphatic heterocycles. The molecule has 2 amide bonds. The molecule has 0 rings (SSSR count). The lowest BCUT2D eigenvalue weighted by atomic mass is 9.89. The number of nitrogens with one attached hydrogen (secondary N) is 2. The van der Waals surface area contributed by atoms with Crippen molar-refractivity contribution in [3.05, 3.63) is 0 Å². The maximum Gasteiger partial charge on any atom is 0.405 e. The second kappa shape index (κ2) is 12.4. The van der Waals surface area contributed by atoms with Gasteiger partial charge in [-0.25, -0.2) is 4.79 Å². The largest absolute Gasteiger partial charge is 0.465 e. The van der Waals surface area contributed by atoms with E-state index in [1.807, 2.05) is 27.7 Å². The Hall–Kier alpha value is -1.96. The van der Waals surface area contributed by atoms with E-state index in [2.05, 4.69) is 10.6 Å². The standard InChI is InChI=1S/C18H33N3O5/c1-11(2)7-13(9-22)15(19)6-5-14(10-23)20-17(24)16(8-12(3)4)21-18(25)26/h9-16,21H,5-8,19H2,1-4H3,(H,20,24)(H,25,26)/t13?,14?,15-,16-/m0/s1. The van der Waals surface area contributed by atoms with Crippen LogP contribution in [-0.4, -0.2) is 47.8 Å². The minimum atomic E-state index is -1.29. The topological polar surface area (TPSA) is 139 Å². The second-order valence-electron chi connectivity index (χ2n) is 7.55. The van der Waals surface area contributed by atoms with Gasteiger partial charge in [-0.15, -0.1) is 0 Å². The average molecular weight is 371 g/mol. The van der Waals surface area contributed by atoms with Gasteiger partial charge in [-0.1, -0.05) is 27.7 Å². The summed E-state index contributed by atoms with van der Waals surface area (Å²) in [6.45, 7) is 7.74. The van der Waals surface area contributed by atoms with Gasteiger partial charge in [0.05, 0.1) is 6.04 Å². The summed E-state index contributed by atoms with van der Waals surface area (Å²) in [6, 6.07) is -2.09. The lowest BCUT2D eigenvalue weighted by molar-refractivity contribution is -0.126. The smallest absolute Gasteiger partial charge is 0.405 e. The van der Waals surface area contributed by atoms with Crippen LogP contribution in [0.2, 0.25) is 0 Å². The van der Waals surface area contributed by atoms with Crippen LogP contribution in [0.1, 0.15) is 53.4 Å². The molecule has 0 aliphatic carbocycles. The molecule has 2 unspecified atom stereocenters. The molecule has 0 heterocycles. The van der Waals surface area contributed by atoms with Gasteiger partial charge < -0.3 is 31.1 Å². The number of rotatable bonds is 13. The molecule has 0 saturated carbocycles. The maximum absolute atomic E-state index is 12.3. The Balaban J connectivity index is 4.71. The first-order chi connectivity index (χ1) is 12.1. The molecule has 0 aromatic heterocycles. The minimum Gasteiger partial charge on any atom is -0.465 e. The van der Waals surface area contributed by atoms with Crippen molar-refractivity contribution in [2.45, 2.75) is 71.5 Å². The lowest BCUT2D eigenvalue weighted by Crippen LogP contribution is -2.50. The third kappa shape index (κ3) is 10.1. The van der Waals surface area contributed by atoms with Gasteiger partial charge in [-0.2, -0.15) is 0 Å². The highest BCUT2D eigenvalue weighted by molar-refractivity contribution is 5.87. The van der Waals surface area contributed by atoms with Crippen molar-refractivity contribution >= 4 is 24.6 Å². The number of nitrogens with two attached hydrogens (primary N) is 1. The first kappa shape index (κ1) is 24.0. The number of carbonyl (C=O) groups excluding carboxylic acids is 3. The maximum atomic E-state index is 12.3. The Bertz CT molecular complexity index is 468. The molecule has 0 aliphatic rings. The predicted molar refractivity (Wildman–Crippen MR) is 98.6 cm³/mol. The Morgan fingerprint density at radius 1 is 0.962 bits per heavy atom. The van der Waals surface area contributed by atoms with Crippen LogP contribution in [0, 0.1) is 17.8 Å². The minimum absolute atomic E-state index is 0.102. The third-order valence-corrected chi connectivity index (χ3v) is 4.09. The zero-order valence-corrected chi connectivity index (χ0v) is 16.1. The number of carbonyl (C=O) groups is 4. The first-order valence-electron chi connectivity index (χ1n) is 9.06. The van der Waals surface area contributed by atoms with Crippen molar-refractivity contribution in [2.75, 3.05) is 0 Å². The Labute approximate surface area is 155 Å². The van der Waals surface area contributed by atoms with Crippen LogP contribution in [0.4, 0.5) is 4.79 Å². The van der Waals surface area contributed by atoms with Gasteiger partial charge in [-0.3, -0.25) is 4.79 Å². The van der Waals surface area contributed by atoms with E-state index >= 15 is 0 Å². The van der Waals surface area contributed by atoms with Crippen molar-refractivity contribution in [3.63, 3.8) is 0 Å². The fourth-order valence-corrected chi connectivity index (χ4v) is 2.77. The van der Waals surface area contributed by atoms with Crippen LogP contribution >= 0.6 is 0 Å². The molecule has 150 valence electrons. The van der Waals surface area contributed by atoms with E-state index in [1.165, 1.54) is 0 Å². The van der Waals surface area contributed by atoms with Gasteiger partial charge in [0.1, 0.15) is 18.6 Å². The molecule has 0 spiro atoms.